The summed E-state index contributed by atoms with van der Waals surface area (Å²) in [4.78, 5) is 19.3. The third-order valence-corrected chi connectivity index (χ3v) is 4.60. The van der Waals surface area contributed by atoms with E-state index in [2.05, 4.69) is 25.9 Å². The van der Waals surface area contributed by atoms with Crippen molar-refractivity contribution in [3.63, 3.8) is 0 Å². The molecule has 4 N–H and O–H groups in total. The number of anilines is 4. The minimum Gasteiger partial charge on any atom is -0.373 e. The molecule has 0 saturated heterocycles. The lowest BCUT2D eigenvalue weighted by Gasteiger charge is -2.25. The fourth-order valence-corrected chi connectivity index (χ4v) is 3.20. The molecule has 2 aromatic rings. The zero-order valence-electron chi connectivity index (χ0n) is 17.5. The molecule has 0 bridgehead atoms. The van der Waals surface area contributed by atoms with Crippen molar-refractivity contribution < 1.29 is 17.9 Å². The number of benzene rings is 1. The highest BCUT2D eigenvalue weighted by Crippen LogP contribution is 2.36. The van der Waals surface area contributed by atoms with E-state index in [1.165, 1.54) is 7.05 Å². The highest BCUT2D eigenvalue weighted by molar-refractivity contribution is 5.94. The fourth-order valence-electron chi connectivity index (χ4n) is 3.20. The van der Waals surface area contributed by atoms with Gasteiger partial charge in [-0.25, -0.2) is 4.98 Å². The van der Waals surface area contributed by atoms with Crippen LogP contribution in [0.1, 0.15) is 37.8 Å². The van der Waals surface area contributed by atoms with Crippen molar-refractivity contribution >= 4 is 29.4 Å². The molecule has 3 rings (SSSR count). The number of halogens is 3. The van der Waals surface area contributed by atoms with Gasteiger partial charge in [0.25, 0.3) is 0 Å². The number of alkyl halides is 3. The Hall–Kier alpha value is -3.24. The lowest BCUT2D eigenvalue weighted by molar-refractivity contribution is -0.525. The van der Waals surface area contributed by atoms with Gasteiger partial charge in [0, 0.05) is 34.6 Å². The summed E-state index contributed by atoms with van der Waals surface area (Å²) < 4.78 is 40.7. The summed E-state index contributed by atoms with van der Waals surface area (Å²) >= 11 is 0. The first-order valence-electron chi connectivity index (χ1n) is 9.76. The number of nitrogens with zero attached hydrogens (tertiary/aromatic N) is 3. The molecular formula is C20H25F3N7O+. The van der Waals surface area contributed by atoms with Gasteiger partial charge in [0.15, 0.2) is 7.05 Å². The molecule has 11 heteroatoms. The summed E-state index contributed by atoms with van der Waals surface area (Å²) in [6, 6.07) is 5.14. The van der Waals surface area contributed by atoms with Crippen LogP contribution in [-0.2, 0) is 6.18 Å². The van der Waals surface area contributed by atoms with Crippen LogP contribution in [0.25, 0.3) is 0 Å². The van der Waals surface area contributed by atoms with Gasteiger partial charge < -0.3 is 21.4 Å². The Morgan fingerprint density at radius 2 is 1.94 bits per heavy atom. The van der Waals surface area contributed by atoms with Crippen LogP contribution >= 0.6 is 0 Å². The second kappa shape index (κ2) is 8.48. The van der Waals surface area contributed by atoms with E-state index in [1.54, 1.807) is 18.2 Å². The third-order valence-electron chi connectivity index (χ3n) is 4.60. The molecule has 0 atom stereocenters. The van der Waals surface area contributed by atoms with Gasteiger partial charge in [-0.3, -0.25) is 0 Å². The number of nitroso groups, excluding NO2 is 1. The zero-order chi connectivity index (χ0) is 22.8. The largest absolute Gasteiger partial charge is 0.421 e. The van der Waals surface area contributed by atoms with E-state index in [-0.39, 0.29) is 24.4 Å². The first-order valence-corrected chi connectivity index (χ1v) is 9.76. The van der Waals surface area contributed by atoms with Crippen molar-refractivity contribution in [3.05, 3.63) is 40.4 Å². The maximum Gasteiger partial charge on any atom is 0.421 e. The molecule has 0 amide bonds. The summed E-state index contributed by atoms with van der Waals surface area (Å²) in [6.45, 7) is 3.91. The summed E-state index contributed by atoms with van der Waals surface area (Å²) in [7, 11) is 1.42. The van der Waals surface area contributed by atoms with Gasteiger partial charge in [-0.2, -0.15) is 18.2 Å². The molecule has 0 aliphatic heterocycles. The number of hydrogen-bond acceptors (Lipinski definition) is 7. The molecule has 1 aliphatic carbocycles. The van der Waals surface area contributed by atoms with Gasteiger partial charge in [-0.05, 0) is 43.6 Å². The molecular weight excluding hydrogens is 411 g/mol. The molecule has 1 heterocycles. The molecule has 8 nitrogen and oxygen atoms in total. The minimum atomic E-state index is -4.57. The van der Waals surface area contributed by atoms with Crippen molar-refractivity contribution in [3.8, 4) is 0 Å². The van der Waals surface area contributed by atoms with E-state index >= 15 is 0 Å². The van der Waals surface area contributed by atoms with Gasteiger partial charge in [-0.15, -0.1) is 0 Å². The maximum atomic E-state index is 13.3. The molecule has 0 radical (unpaired) electrons. The van der Waals surface area contributed by atoms with Crippen LogP contribution in [0.2, 0.25) is 0 Å². The second-order valence-corrected chi connectivity index (χ2v) is 8.20. The molecule has 31 heavy (non-hydrogen) atoms. The van der Waals surface area contributed by atoms with E-state index in [0.717, 1.165) is 30.0 Å². The Labute approximate surface area is 177 Å². The standard InChI is InChI=1S/C20H25F3N7O/c1-19(2,11-30(3)31)29-16-6-4-5-15(13(16)9-24)27-18-25-10-14(20(21,22)23)17(28-18)26-12-7-8-12/h4-6,9-10,12,24,29H,7-8,11H2,1-3H3,(H2,25,26,27,28)/q+1. The van der Waals surface area contributed by atoms with Crippen molar-refractivity contribution in [2.75, 3.05) is 29.5 Å². The van der Waals surface area contributed by atoms with Gasteiger partial charge >= 0.3 is 6.18 Å². The molecule has 0 unspecified atom stereocenters. The van der Waals surface area contributed by atoms with Crippen LogP contribution in [0.15, 0.2) is 24.4 Å². The molecule has 1 aromatic carbocycles. The smallest absolute Gasteiger partial charge is 0.373 e. The Morgan fingerprint density at radius 1 is 1.26 bits per heavy atom. The molecule has 1 aliphatic rings. The predicted octanol–water partition coefficient (Wildman–Crippen LogP) is 4.41. The van der Waals surface area contributed by atoms with Crippen LogP contribution in [0, 0.1) is 10.3 Å². The number of rotatable bonds is 9. The molecule has 1 saturated carbocycles. The lowest BCUT2D eigenvalue weighted by Crippen LogP contribution is -2.39. The predicted molar refractivity (Wildman–Crippen MR) is 113 cm³/mol. The van der Waals surface area contributed by atoms with Crippen molar-refractivity contribution in [1.82, 2.24) is 9.97 Å². The lowest BCUT2D eigenvalue weighted by atomic mass is 10.0. The molecule has 166 valence electrons. The van der Waals surface area contributed by atoms with Crippen LogP contribution < -0.4 is 16.0 Å². The van der Waals surface area contributed by atoms with Crippen molar-refractivity contribution in [2.45, 2.75) is 44.4 Å². The van der Waals surface area contributed by atoms with E-state index < -0.39 is 17.3 Å². The van der Waals surface area contributed by atoms with Crippen LogP contribution in [0.5, 0.6) is 0 Å². The summed E-state index contributed by atoms with van der Waals surface area (Å²) in [5.41, 5.74) is -0.00187. The zero-order valence-corrected chi connectivity index (χ0v) is 17.5. The van der Waals surface area contributed by atoms with Gasteiger partial charge in [0.05, 0.1) is 11.2 Å². The van der Waals surface area contributed by atoms with E-state index in [0.29, 0.717) is 16.9 Å². The third kappa shape index (κ3) is 5.89. The van der Waals surface area contributed by atoms with Crippen LogP contribution in [-0.4, -0.2) is 46.1 Å². The number of aromatic nitrogens is 2. The van der Waals surface area contributed by atoms with E-state index in [4.69, 9.17) is 5.41 Å². The second-order valence-electron chi connectivity index (χ2n) is 8.20. The quantitative estimate of drug-likeness (QED) is 0.343. The number of nitrogens with one attached hydrogen (secondary N) is 4. The van der Waals surface area contributed by atoms with Gasteiger partial charge in [0.2, 0.25) is 12.5 Å². The Balaban J connectivity index is 1.90. The minimum absolute atomic E-state index is 0.0186. The fraction of sp³-hybridized carbons (Fsp3) is 0.450. The van der Waals surface area contributed by atoms with Gasteiger partial charge in [0.1, 0.15) is 11.4 Å². The Morgan fingerprint density at radius 3 is 2.52 bits per heavy atom. The summed E-state index contributed by atoms with van der Waals surface area (Å²) in [6.07, 6.45) is -1.11. The summed E-state index contributed by atoms with van der Waals surface area (Å²) in [5.74, 6) is -0.284. The van der Waals surface area contributed by atoms with Crippen molar-refractivity contribution in [2.24, 2.45) is 0 Å². The normalized spacial score (nSPS) is 14.1. The first kappa shape index (κ1) is 22.4. The van der Waals surface area contributed by atoms with Crippen LogP contribution in [0.4, 0.5) is 36.3 Å². The molecule has 0 spiro atoms. The van der Waals surface area contributed by atoms with Crippen molar-refractivity contribution in [1.29, 1.82) is 5.41 Å². The topological polar surface area (TPSA) is 106 Å². The van der Waals surface area contributed by atoms with Gasteiger partial charge in [-0.1, -0.05) is 6.07 Å². The molecule has 1 aromatic heterocycles. The van der Waals surface area contributed by atoms with E-state index in [9.17, 15) is 18.1 Å². The van der Waals surface area contributed by atoms with E-state index in [1.807, 2.05) is 13.8 Å². The first-order chi connectivity index (χ1) is 14.5. The molecule has 1 fully saturated rings. The Bertz CT molecular complexity index is 987. The number of hydrogen-bond donors (Lipinski definition) is 4. The average molecular weight is 436 g/mol. The number of likely N-dealkylation sites (N-methyl/N-ethyl adjacent to an activating group) is 1. The monoisotopic (exact) mass is 436 g/mol. The van der Waals surface area contributed by atoms with Crippen LogP contribution in [0.3, 0.4) is 0 Å². The highest BCUT2D eigenvalue weighted by atomic mass is 19.4. The maximum absolute atomic E-state index is 13.3. The highest BCUT2D eigenvalue weighted by Gasteiger charge is 2.37. The Kier molecular flexibility index (Phi) is 6.14. The average Bonchev–Trinajstić information content (AvgIpc) is 3.43. The SMILES string of the molecule is C[N+](=O)CC(C)(C)Nc1cccc(Nc2ncc(C(F)(F)F)c(NC3CC3)n2)c1C=N. The summed E-state index contributed by atoms with van der Waals surface area (Å²) in [5, 5.41) is 16.8.